The first kappa shape index (κ1) is 12.9. The Hall–Kier alpha value is -0.140. The summed E-state index contributed by atoms with van der Waals surface area (Å²) in [6.45, 7) is 3.83. The van der Waals surface area contributed by atoms with Crippen LogP contribution in [0.25, 0.3) is 0 Å². The largest absolute Gasteiger partial charge is 0.390 e. The lowest BCUT2D eigenvalue weighted by Crippen LogP contribution is -2.28. The van der Waals surface area contributed by atoms with E-state index in [9.17, 15) is 9.90 Å². The minimum atomic E-state index is -0.787. The van der Waals surface area contributed by atoms with Crippen LogP contribution in [0.15, 0.2) is 11.1 Å². The third-order valence-corrected chi connectivity index (χ3v) is 3.48. The molecular formula is C9H12ClIN2O2. The van der Waals surface area contributed by atoms with Gasteiger partial charge in [0.25, 0.3) is 5.56 Å². The Balaban J connectivity index is 2.89. The highest BCUT2D eigenvalue weighted by Gasteiger charge is 2.14. The van der Waals surface area contributed by atoms with Gasteiger partial charge in [-0.2, -0.15) is 0 Å². The van der Waals surface area contributed by atoms with Crippen molar-refractivity contribution in [2.75, 3.05) is 0 Å². The molecule has 0 atom stereocenters. The summed E-state index contributed by atoms with van der Waals surface area (Å²) in [6.07, 6.45) is 1.89. The van der Waals surface area contributed by atoms with Crippen molar-refractivity contribution in [1.82, 2.24) is 9.55 Å². The van der Waals surface area contributed by atoms with Gasteiger partial charge in [0.05, 0.1) is 11.9 Å². The third kappa shape index (κ3) is 3.73. The van der Waals surface area contributed by atoms with Crippen LogP contribution in [-0.2, 0) is 6.54 Å². The maximum atomic E-state index is 11.7. The van der Waals surface area contributed by atoms with Crippen molar-refractivity contribution in [3.05, 3.63) is 25.4 Å². The van der Waals surface area contributed by atoms with Crippen LogP contribution in [0.1, 0.15) is 20.3 Å². The van der Waals surface area contributed by atoms with E-state index in [0.29, 0.717) is 16.5 Å². The molecule has 1 aromatic rings. The zero-order valence-corrected chi connectivity index (χ0v) is 11.4. The van der Waals surface area contributed by atoms with E-state index in [1.165, 1.54) is 10.9 Å². The highest BCUT2D eigenvalue weighted by atomic mass is 127. The van der Waals surface area contributed by atoms with Gasteiger partial charge in [0.2, 0.25) is 0 Å². The van der Waals surface area contributed by atoms with Gasteiger partial charge in [-0.25, -0.2) is 4.98 Å². The lowest BCUT2D eigenvalue weighted by atomic mass is 10.1. The zero-order valence-electron chi connectivity index (χ0n) is 8.50. The molecule has 0 radical (unpaired) electrons. The molecule has 1 heterocycles. The number of nitrogens with zero attached hydrogens (tertiary/aromatic N) is 2. The summed E-state index contributed by atoms with van der Waals surface area (Å²) in [5, 5.41) is 9.75. The summed E-state index contributed by atoms with van der Waals surface area (Å²) >= 11 is 7.56. The average Bonchev–Trinajstić information content (AvgIpc) is 2.12. The van der Waals surface area contributed by atoms with Gasteiger partial charge in [-0.3, -0.25) is 9.36 Å². The van der Waals surface area contributed by atoms with Crippen LogP contribution in [-0.4, -0.2) is 20.3 Å². The van der Waals surface area contributed by atoms with Gasteiger partial charge in [-0.05, 0) is 42.9 Å². The van der Waals surface area contributed by atoms with Crippen molar-refractivity contribution in [2.45, 2.75) is 32.4 Å². The normalized spacial score (nSPS) is 11.8. The highest BCUT2D eigenvalue weighted by molar-refractivity contribution is 14.1. The Morgan fingerprint density at radius 1 is 1.67 bits per heavy atom. The predicted octanol–water partition coefficient (Wildman–Crippen LogP) is 1.66. The first-order valence-electron chi connectivity index (χ1n) is 4.44. The first-order valence-corrected chi connectivity index (χ1v) is 5.90. The molecular weight excluding hydrogens is 330 g/mol. The topological polar surface area (TPSA) is 55.1 Å². The van der Waals surface area contributed by atoms with E-state index in [1.807, 2.05) is 22.6 Å². The number of aliphatic hydroxyl groups is 1. The monoisotopic (exact) mass is 342 g/mol. The molecule has 0 fully saturated rings. The van der Waals surface area contributed by atoms with Crippen molar-refractivity contribution in [3.8, 4) is 0 Å². The van der Waals surface area contributed by atoms with Gasteiger partial charge in [0.1, 0.15) is 8.72 Å². The smallest absolute Gasteiger partial charge is 0.268 e. The summed E-state index contributed by atoms with van der Waals surface area (Å²) in [6, 6.07) is 0. The van der Waals surface area contributed by atoms with Crippen LogP contribution in [0.5, 0.6) is 0 Å². The van der Waals surface area contributed by atoms with Gasteiger partial charge in [0.15, 0.2) is 0 Å². The van der Waals surface area contributed by atoms with Crippen LogP contribution in [0.2, 0.25) is 5.15 Å². The van der Waals surface area contributed by atoms with E-state index in [0.717, 1.165) is 0 Å². The van der Waals surface area contributed by atoms with Crippen molar-refractivity contribution in [2.24, 2.45) is 0 Å². The molecule has 0 bridgehead atoms. The molecule has 15 heavy (non-hydrogen) atoms. The number of hydrogen-bond acceptors (Lipinski definition) is 3. The molecule has 1 aromatic heterocycles. The highest BCUT2D eigenvalue weighted by Crippen LogP contribution is 2.11. The fourth-order valence-electron chi connectivity index (χ4n) is 0.997. The van der Waals surface area contributed by atoms with E-state index in [-0.39, 0.29) is 10.7 Å². The Kier molecular flexibility index (Phi) is 4.13. The van der Waals surface area contributed by atoms with Gasteiger partial charge < -0.3 is 5.11 Å². The Morgan fingerprint density at radius 3 is 2.80 bits per heavy atom. The number of rotatable bonds is 3. The molecule has 6 heteroatoms. The minimum Gasteiger partial charge on any atom is -0.390 e. The van der Waals surface area contributed by atoms with E-state index in [4.69, 9.17) is 11.6 Å². The summed E-state index contributed by atoms with van der Waals surface area (Å²) < 4.78 is 1.86. The van der Waals surface area contributed by atoms with Crippen molar-refractivity contribution in [1.29, 1.82) is 0 Å². The number of aromatic nitrogens is 2. The standard InChI is InChI=1S/C9H12ClIN2O2/c1-9(2,15)3-4-13-5-12-7(10)6(11)8(13)14/h5,15H,3-4H2,1-2H3. The SMILES string of the molecule is CC(C)(O)CCn1cnc(Cl)c(I)c1=O. The quantitative estimate of drug-likeness (QED) is 0.671. The van der Waals surface area contributed by atoms with Gasteiger partial charge >= 0.3 is 0 Å². The maximum Gasteiger partial charge on any atom is 0.268 e. The summed E-state index contributed by atoms with van der Waals surface area (Å²) in [5.41, 5.74) is -0.954. The van der Waals surface area contributed by atoms with Crippen LogP contribution in [0, 0.1) is 3.57 Å². The van der Waals surface area contributed by atoms with Crippen molar-refractivity contribution in [3.63, 3.8) is 0 Å². The number of hydrogen-bond donors (Lipinski definition) is 1. The van der Waals surface area contributed by atoms with Crippen LogP contribution in [0.3, 0.4) is 0 Å². The molecule has 84 valence electrons. The molecule has 0 spiro atoms. The van der Waals surface area contributed by atoms with Crippen molar-refractivity contribution >= 4 is 34.2 Å². The molecule has 0 saturated carbocycles. The maximum absolute atomic E-state index is 11.7. The molecule has 4 nitrogen and oxygen atoms in total. The second-order valence-electron chi connectivity index (χ2n) is 3.91. The lowest BCUT2D eigenvalue weighted by Gasteiger charge is -2.17. The van der Waals surface area contributed by atoms with Crippen LogP contribution >= 0.6 is 34.2 Å². The molecule has 0 amide bonds. The lowest BCUT2D eigenvalue weighted by molar-refractivity contribution is 0.0658. The van der Waals surface area contributed by atoms with Crippen LogP contribution in [0.4, 0.5) is 0 Å². The van der Waals surface area contributed by atoms with Crippen molar-refractivity contribution < 1.29 is 5.11 Å². The zero-order chi connectivity index (χ0) is 11.6. The van der Waals surface area contributed by atoms with Gasteiger partial charge in [0, 0.05) is 6.54 Å². The Labute approximate surface area is 106 Å². The van der Waals surface area contributed by atoms with Crippen LogP contribution < -0.4 is 5.56 Å². The third-order valence-electron chi connectivity index (χ3n) is 1.90. The molecule has 1 N–H and O–H groups in total. The molecule has 1 rings (SSSR count). The minimum absolute atomic E-state index is 0.167. The second kappa shape index (κ2) is 4.80. The molecule has 0 aliphatic heterocycles. The summed E-state index contributed by atoms with van der Waals surface area (Å²) in [5.74, 6) is 0. The molecule has 0 saturated heterocycles. The first-order chi connectivity index (χ1) is 6.81. The molecule has 0 aliphatic rings. The van der Waals surface area contributed by atoms with E-state index in [2.05, 4.69) is 4.98 Å². The molecule has 0 aromatic carbocycles. The number of aryl methyl sites for hydroxylation is 1. The number of halogens is 2. The summed E-state index contributed by atoms with van der Waals surface area (Å²) in [4.78, 5) is 15.5. The predicted molar refractivity (Wildman–Crippen MR) is 67.1 cm³/mol. The average molecular weight is 343 g/mol. The molecule has 0 unspecified atom stereocenters. The van der Waals surface area contributed by atoms with E-state index in [1.54, 1.807) is 13.8 Å². The van der Waals surface area contributed by atoms with E-state index >= 15 is 0 Å². The fraction of sp³-hybridized carbons (Fsp3) is 0.556. The summed E-state index contributed by atoms with van der Waals surface area (Å²) in [7, 11) is 0. The second-order valence-corrected chi connectivity index (χ2v) is 5.35. The Bertz CT molecular complexity index is 412. The fourth-order valence-corrected chi connectivity index (χ4v) is 1.57. The van der Waals surface area contributed by atoms with E-state index < -0.39 is 5.60 Å². The Morgan fingerprint density at radius 2 is 2.27 bits per heavy atom. The molecule has 0 aliphatic carbocycles. The van der Waals surface area contributed by atoms with Gasteiger partial charge in [-0.15, -0.1) is 0 Å². The van der Waals surface area contributed by atoms with Gasteiger partial charge in [-0.1, -0.05) is 11.6 Å².